The number of rotatable bonds is 19. The number of benzene rings is 2. The van der Waals surface area contributed by atoms with E-state index in [4.69, 9.17) is 18.9 Å². The summed E-state index contributed by atoms with van der Waals surface area (Å²) in [7, 11) is 6.72. The highest BCUT2D eigenvalue weighted by Gasteiger charge is 2.05. The maximum Gasteiger partial charge on any atom is 0.337 e. The van der Waals surface area contributed by atoms with E-state index in [-0.39, 0.29) is 11.9 Å². The molecule has 8 heteroatoms. The molecular weight excluding hydrogens is 496 g/mol. The summed E-state index contributed by atoms with van der Waals surface area (Å²) in [4.78, 5) is 22.8. The van der Waals surface area contributed by atoms with Crippen LogP contribution in [0, 0.1) is 0 Å². The Balaban J connectivity index is 1.33. The van der Waals surface area contributed by atoms with Gasteiger partial charge >= 0.3 is 11.9 Å². The Morgan fingerprint density at radius 2 is 0.917 bits per heavy atom. The SMILES string of the molecule is COC(=O)c1ccc(OCCCCCCSSCCCCCCOc2ccc(C(=O)OC)cc2)cc1. The van der Waals surface area contributed by atoms with Gasteiger partial charge in [-0.2, -0.15) is 0 Å². The maximum absolute atomic E-state index is 11.4. The zero-order valence-corrected chi connectivity index (χ0v) is 23.0. The number of hydrogen-bond acceptors (Lipinski definition) is 8. The number of ether oxygens (including phenoxy) is 4. The lowest BCUT2D eigenvalue weighted by molar-refractivity contribution is 0.0591. The van der Waals surface area contributed by atoms with Crippen molar-refractivity contribution in [1.82, 2.24) is 0 Å². The molecule has 0 atom stereocenters. The Labute approximate surface area is 223 Å². The average Bonchev–Trinajstić information content (AvgIpc) is 2.92. The molecule has 0 bridgehead atoms. The number of hydrogen-bond donors (Lipinski definition) is 0. The summed E-state index contributed by atoms with van der Waals surface area (Å²) in [6, 6.07) is 14.1. The van der Waals surface area contributed by atoms with E-state index in [0.717, 1.165) is 24.3 Å². The summed E-state index contributed by atoms with van der Waals surface area (Å²) >= 11 is 0. The molecule has 0 aliphatic heterocycles. The average molecular weight is 535 g/mol. The molecule has 0 aromatic heterocycles. The molecule has 0 aliphatic carbocycles. The van der Waals surface area contributed by atoms with Gasteiger partial charge in [0, 0.05) is 11.5 Å². The molecule has 0 radical (unpaired) electrons. The molecule has 2 aromatic carbocycles. The first kappa shape index (κ1) is 29.9. The second-order valence-electron chi connectivity index (χ2n) is 8.20. The highest BCUT2D eigenvalue weighted by Crippen LogP contribution is 2.24. The summed E-state index contributed by atoms with van der Waals surface area (Å²) in [5, 5.41) is 0. The maximum atomic E-state index is 11.4. The van der Waals surface area contributed by atoms with Gasteiger partial charge in [0.1, 0.15) is 11.5 Å². The van der Waals surface area contributed by atoms with E-state index in [0.29, 0.717) is 24.3 Å². The Hall–Kier alpha value is -2.32. The first-order valence-corrected chi connectivity index (χ1v) is 15.0. The van der Waals surface area contributed by atoms with Crippen molar-refractivity contribution in [3.8, 4) is 11.5 Å². The molecular formula is C28H38O6S2. The van der Waals surface area contributed by atoms with Crippen molar-refractivity contribution in [2.24, 2.45) is 0 Å². The number of methoxy groups -OCH3 is 2. The van der Waals surface area contributed by atoms with Crippen LogP contribution in [0.1, 0.15) is 72.1 Å². The molecule has 36 heavy (non-hydrogen) atoms. The van der Waals surface area contributed by atoms with Crippen molar-refractivity contribution in [2.75, 3.05) is 38.9 Å². The second-order valence-corrected chi connectivity index (χ2v) is 10.9. The first-order valence-electron chi connectivity index (χ1n) is 12.5. The van der Waals surface area contributed by atoms with Crippen LogP contribution in [0.5, 0.6) is 11.5 Å². The lowest BCUT2D eigenvalue weighted by Crippen LogP contribution is -2.01. The van der Waals surface area contributed by atoms with Crippen molar-refractivity contribution < 1.29 is 28.5 Å². The fourth-order valence-corrected chi connectivity index (χ4v) is 5.64. The third-order valence-electron chi connectivity index (χ3n) is 5.42. The van der Waals surface area contributed by atoms with Gasteiger partial charge in [-0.1, -0.05) is 47.3 Å². The minimum atomic E-state index is -0.332. The van der Waals surface area contributed by atoms with Crippen molar-refractivity contribution in [2.45, 2.75) is 51.4 Å². The highest BCUT2D eigenvalue weighted by atomic mass is 33.1. The highest BCUT2D eigenvalue weighted by molar-refractivity contribution is 8.76. The summed E-state index contributed by atoms with van der Waals surface area (Å²) in [6.45, 7) is 1.40. The lowest BCUT2D eigenvalue weighted by atomic mass is 10.2. The van der Waals surface area contributed by atoms with Crippen LogP contribution in [0.15, 0.2) is 48.5 Å². The third-order valence-corrected chi connectivity index (χ3v) is 7.99. The van der Waals surface area contributed by atoms with Crippen molar-refractivity contribution in [3.05, 3.63) is 59.7 Å². The van der Waals surface area contributed by atoms with Crippen LogP contribution in [0.3, 0.4) is 0 Å². The van der Waals surface area contributed by atoms with Crippen LogP contribution in [0.25, 0.3) is 0 Å². The van der Waals surface area contributed by atoms with Gasteiger partial charge in [0.05, 0.1) is 38.6 Å². The van der Waals surface area contributed by atoms with Crippen LogP contribution in [-0.4, -0.2) is 50.9 Å². The molecule has 0 saturated heterocycles. The molecule has 2 aromatic rings. The predicted molar refractivity (Wildman–Crippen MR) is 148 cm³/mol. The van der Waals surface area contributed by atoms with Crippen LogP contribution in [0.2, 0.25) is 0 Å². The van der Waals surface area contributed by atoms with Gasteiger partial charge in [-0.05, 0) is 74.2 Å². The molecule has 0 heterocycles. The van der Waals surface area contributed by atoms with Gasteiger partial charge in [-0.3, -0.25) is 0 Å². The zero-order chi connectivity index (χ0) is 25.8. The largest absolute Gasteiger partial charge is 0.494 e. The van der Waals surface area contributed by atoms with E-state index < -0.39 is 0 Å². The predicted octanol–water partition coefficient (Wildman–Crippen LogP) is 7.22. The van der Waals surface area contributed by atoms with Crippen LogP contribution < -0.4 is 9.47 Å². The Bertz CT molecular complexity index is 797. The smallest absolute Gasteiger partial charge is 0.337 e. The van der Waals surface area contributed by atoms with Crippen LogP contribution in [0.4, 0.5) is 0 Å². The van der Waals surface area contributed by atoms with E-state index in [1.165, 1.54) is 64.3 Å². The topological polar surface area (TPSA) is 71.1 Å². The monoisotopic (exact) mass is 534 g/mol. The quantitative estimate of drug-likeness (QED) is 0.106. The van der Waals surface area contributed by atoms with Crippen LogP contribution >= 0.6 is 21.6 Å². The molecule has 0 amide bonds. The van der Waals surface area contributed by atoms with Gasteiger partial charge in [-0.15, -0.1) is 0 Å². The minimum absolute atomic E-state index is 0.332. The molecule has 0 saturated carbocycles. The molecule has 198 valence electrons. The molecule has 0 fully saturated rings. The van der Waals surface area contributed by atoms with Gasteiger partial charge in [-0.25, -0.2) is 9.59 Å². The fraction of sp³-hybridized carbons (Fsp3) is 0.500. The van der Waals surface area contributed by atoms with Gasteiger partial charge in [0.2, 0.25) is 0 Å². The minimum Gasteiger partial charge on any atom is -0.494 e. The number of carbonyl (C=O) groups excluding carboxylic acids is 2. The summed E-state index contributed by atoms with van der Waals surface area (Å²) in [5.41, 5.74) is 1.07. The summed E-state index contributed by atoms with van der Waals surface area (Å²) in [5.74, 6) is 3.30. The molecule has 0 spiro atoms. The zero-order valence-electron chi connectivity index (χ0n) is 21.4. The van der Waals surface area contributed by atoms with Gasteiger partial charge < -0.3 is 18.9 Å². The van der Waals surface area contributed by atoms with Crippen LogP contribution in [-0.2, 0) is 9.47 Å². The fourth-order valence-electron chi connectivity index (χ4n) is 3.34. The number of carbonyl (C=O) groups is 2. The number of unbranched alkanes of at least 4 members (excludes halogenated alkanes) is 6. The normalized spacial score (nSPS) is 10.6. The summed E-state index contributed by atoms with van der Waals surface area (Å²) in [6.07, 6.45) is 9.35. The third kappa shape index (κ3) is 12.6. The van der Waals surface area contributed by atoms with E-state index in [9.17, 15) is 9.59 Å². The molecule has 2 rings (SSSR count). The number of esters is 2. The van der Waals surface area contributed by atoms with E-state index in [2.05, 4.69) is 0 Å². The van der Waals surface area contributed by atoms with E-state index >= 15 is 0 Å². The molecule has 6 nitrogen and oxygen atoms in total. The van der Waals surface area contributed by atoms with E-state index in [1.807, 2.05) is 45.9 Å². The summed E-state index contributed by atoms with van der Waals surface area (Å²) < 4.78 is 20.9. The van der Waals surface area contributed by atoms with Crippen molar-refractivity contribution in [1.29, 1.82) is 0 Å². The molecule has 0 N–H and O–H groups in total. The van der Waals surface area contributed by atoms with Gasteiger partial charge in [0.25, 0.3) is 0 Å². The van der Waals surface area contributed by atoms with Crippen molar-refractivity contribution in [3.63, 3.8) is 0 Å². The van der Waals surface area contributed by atoms with Crippen molar-refractivity contribution >= 4 is 33.5 Å². The molecule has 0 aliphatic rings. The Morgan fingerprint density at radius 3 is 1.28 bits per heavy atom. The van der Waals surface area contributed by atoms with E-state index in [1.54, 1.807) is 24.3 Å². The second kappa shape index (κ2) is 18.9. The Kier molecular flexibility index (Phi) is 15.7. The van der Waals surface area contributed by atoms with Gasteiger partial charge in [0.15, 0.2) is 0 Å². The Morgan fingerprint density at radius 1 is 0.556 bits per heavy atom. The first-order chi connectivity index (χ1) is 17.6. The standard InChI is InChI=1S/C28H38O6S2/c1-31-27(29)23-11-15-25(16-12-23)33-19-7-3-5-9-21-35-36-22-10-6-4-8-20-34-26-17-13-24(14-18-26)28(30)32-2/h11-18H,3-10,19-22H2,1-2H3. The lowest BCUT2D eigenvalue weighted by Gasteiger charge is -2.07. The molecule has 0 unspecified atom stereocenters.